The van der Waals surface area contributed by atoms with E-state index in [0.717, 1.165) is 16.9 Å². The Morgan fingerprint density at radius 3 is 2.66 bits per heavy atom. The van der Waals surface area contributed by atoms with E-state index in [1.165, 1.54) is 6.07 Å². The summed E-state index contributed by atoms with van der Waals surface area (Å²) in [5, 5.41) is 3.41. The molecule has 146 valence electrons. The van der Waals surface area contributed by atoms with Crippen molar-refractivity contribution in [2.45, 2.75) is 20.1 Å². The van der Waals surface area contributed by atoms with E-state index in [2.05, 4.69) is 10.3 Å². The SMILES string of the molecule is Cc1c(C(=O)NCc2ccc(OCc3cccnc3)cc2)oc2c(F)cccc12. The second kappa shape index (κ2) is 8.14. The summed E-state index contributed by atoms with van der Waals surface area (Å²) in [7, 11) is 0. The predicted octanol–water partition coefficient (Wildman–Crippen LogP) is 4.78. The van der Waals surface area contributed by atoms with Crippen molar-refractivity contribution in [1.82, 2.24) is 10.3 Å². The molecule has 1 N–H and O–H groups in total. The third-order valence-electron chi connectivity index (χ3n) is 4.63. The van der Waals surface area contributed by atoms with Gasteiger partial charge in [0, 0.05) is 35.5 Å². The highest BCUT2D eigenvalue weighted by molar-refractivity contribution is 5.98. The van der Waals surface area contributed by atoms with E-state index in [-0.39, 0.29) is 17.3 Å². The maximum atomic E-state index is 13.9. The minimum Gasteiger partial charge on any atom is -0.489 e. The minimum atomic E-state index is -0.480. The Labute approximate surface area is 167 Å². The van der Waals surface area contributed by atoms with Crippen molar-refractivity contribution in [1.29, 1.82) is 0 Å². The fourth-order valence-electron chi connectivity index (χ4n) is 3.04. The van der Waals surface area contributed by atoms with Crippen LogP contribution < -0.4 is 10.1 Å². The summed E-state index contributed by atoms with van der Waals surface area (Å²) in [6.45, 7) is 2.50. The summed E-state index contributed by atoms with van der Waals surface area (Å²) >= 11 is 0. The number of nitrogens with zero attached hydrogens (tertiary/aromatic N) is 1. The first-order valence-corrected chi connectivity index (χ1v) is 9.18. The fourth-order valence-corrected chi connectivity index (χ4v) is 3.04. The van der Waals surface area contributed by atoms with Gasteiger partial charge < -0.3 is 14.5 Å². The number of benzene rings is 2. The number of pyridine rings is 1. The molecule has 2 aromatic carbocycles. The summed E-state index contributed by atoms with van der Waals surface area (Å²) in [5.74, 6) is -0.00409. The number of rotatable bonds is 6. The van der Waals surface area contributed by atoms with Crippen molar-refractivity contribution in [2.24, 2.45) is 0 Å². The van der Waals surface area contributed by atoms with Crippen LogP contribution in [0.4, 0.5) is 4.39 Å². The smallest absolute Gasteiger partial charge is 0.287 e. The zero-order valence-electron chi connectivity index (χ0n) is 15.8. The average molecular weight is 390 g/mol. The molecule has 0 aliphatic heterocycles. The van der Waals surface area contributed by atoms with E-state index in [0.29, 0.717) is 24.1 Å². The molecule has 0 fully saturated rings. The van der Waals surface area contributed by atoms with E-state index in [9.17, 15) is 9.18 Å². The first-order chi connectivity index (χ1) is 14.1. The number of aryl methyl sites for hydroxylation is 1. The summed E-state index contributed by atoms with van der Waals surface area (Å²) < 4.78 is 25.0. The number of para-hydroxylation sites is 1. The van der Waals surface area contributed by atoms with Gasteiger partial charge in [0.25, 0.3) is 5.91 Å². The summed E-state index contributed by atoms with van der Waals surface area (Å²) in [5.41, 5.74) is 2.62. The molecule has 6 heteroatoms. The molecule has 0 atom stereocenters. The Bertz CT molecular complexity index is 1140. The van der Waals surface area contributed by atoms with E-state index < -0.39 is 5.82 Å². The van der Waals surface area contributed by atoms with Crippen LogP contribution in [0, 0.1) is 12.7 Å². The maximum absolute atomic E-state index is 13.9. The normalized spacial score (nSPS) is 10.8. The lowest BCUT2D eigenvalue weighted by atomic mass is 10.1. The van der Waals surface area contributed by atoms with Gasteiger partial charge in [0.05, 0.1) is 0 Å². The molecule has 0 saturated heterocycles. The van der Waals surface area contributed by atoms with Gasteiger partial charge in [-0.15, -0.1) is 0 Å². The monoisotopic (exact) mass is 390 g/mol. The largest absolute Gasteiger partial charge is 0.489 e. The number of hydrogen-bond donors (Lipinski definition) is 1. The van der Waals surface area contributed by atoms with Gasteiger partial charge >= 0.3 is 0 Å². The highest BCUT2D eigenvalue weighted by atomic mass is 19.1. The predicted molar refractivity (Wildman–Crippen MR) is 107 cm³/mol. The van der Waals surface area contributed by atoms with Gasteiger partial charge in [-0.25, -0.2) is 4.39 Å². The van der Waals surface area contributed by atoms with Crippen LogP contribution in [0.2, 0.25) is 0 Å². The van der Waals surface area contributed by atoms with Crippen molar-refractivity contribution in [2.75, 3.05) is 0 Å². The van der Waals surface area contributed by atoms with Gasteiger partial charge in [-0.3, -0.25) is 9.78 Å². The molecule has 0 radical (unpaired) electrons. The van der Waals surface area contributed by atoms with Crippen LogP contribution in [0.3, 0.4) is 0 Å². The van der Waals surface area contributed by atoms with Crippen molar-refractivity contribution in [3.05, 3.63) is 95.3 Å². The molecule has 0 aliphatic carbocycles. The lowest BCUT2D eigenvalue weighted by Crippen LogP contribution is -2.22. The topological polar surface area (TPSA) is 64.4 Å². The number of ether oxygens (including phenoxy) is 1. The lowest BCUT2D eigenvalue weighted by Gasteiger charge is -2.08. The van der Waals surface area contributed by atoms with Crippen LogP contribution in [0.15, 0.2) is 71.4 Å². The second-order valence-corrected chi connectivity index (χ2v) is 6.65. The first-order valence-electron chi connectivity index (χ1n) is 9.18. The van der Waals surface area contributed by atoms with E-state index in [1.807, 2.05) is 36.4 Å². The third-order valence-corrected chi connectivity index (χ3v) is 4.63. The molecule has 0 saturated carbocycles. The van der Waals surface area contributed by atoms with Crippen molar-refractivity contribution in [3.63, 3.8) is 0 Å². The van der Waals surface area contributed by atoms with Gasteiger partial charge in [0.15, 0.2) is 17.2 Å². The minimum absolute atomic E-state index is 0.102. The van der Waals surface area contributed by atoms with Crippen LogP contribution >= 0.6 is 0 Å². The molecule has 1 amide bonds. The van der Waals surface area contributed by atoms with Crippen molar-refractivity contribution < 1.29 is 18.3 Å². The molecule has 2 heterocycles. The number of hydrogen-bond acceptors (Lipinski definition) is 4. The Morgan fingerprint density at radius 2 is 1.93 bits per heavy atom. The summed E-state index contributed by atoms with van der Waals surface area (Å²) in [6.07, 6.45) is 3.48. The standard InChI is InChI=1S/C23H19FN2O3/c1-15-19-5-2-6-20(24)22(19)29-21(15)23(27)26-13-16-7-9-18(10-8-16)28-14-17-4-3-11-25-12-17/h2-12H,13-14H2,1H3,(H,26,27). The van der Waals surface area contributed by atoms with E-state index >= 15 is 0 Å². The molecular weight excluding hydrogens is 371 g/mol. The first kappa shape index (κ1) is 18.7. The number of nitrogens with one attached hydrogen (secondary N) is 1. The molecular formula is C23H19FN2O3. The van der Waals surface area contributed by atoms with Gasteiger partial charge in [-0.2, -0.15) is 0 Å². The summed E-state index contributed by atoms with van der Waals surface area (Å²) in [6, 6.07) is 15.9. The fraction of sp³-hybridized carbons (Fsp3) is 0.130. The average Bonchev–Trinajstić information content (AvgIpc) is 3.10. The number of furan rings is 1. The number of amides is 1. The Balaban J connectivity index is 1.37. The zero-order valence-corrected chi connectivity index (χ0v) is 15.8. The van der Waals surface area contributed by atoms with Crippen LogP contribution in [0.5, 0.6) is 5.75 Å². The number of fused-ring (bicyclic) bond motifs is 1. The van der Waals surface area contributed by atoms with Crippen LogP contribution in [0.1, 0.15) is 27.2 Å². The lowest BCUT2D eigenvalue weighted by molar-refractivity contribution is 0.0924. The highest BCUT2D eigenvalue weighted by Gasteiger charge is 2.19. The number of aromatic nitrogens is 1. The quantitative estimate of drug-likeness (QED) is 0.514. The zero-order chi connectivity index (χ0) is 20.2. The van der Waals surface area contributed by atoms with Gasteiger partial charge in [-0.1, -0.05) is 30.3 Å². The van der Waals surface area contributed by atoms with Crippen LogP contribution in [0.25, 0.3) is 11.0 Å². The number of carbonyl (C=O) groups excluding carboxylic acids is 1. The Morgan fingerprint density at radius 1 is 1.10 bits per heavy atom. The molecule has 0 spiro atoms. The molecule has 0 unspecified atom stereocenters. The molecule has 2 aromatic heterocycles. The van der Waals surface area contributed by atoms with Crippen molar-refractivity contribution >= 4 is 16.9 Å². The second-order valence-electron chi connectivity index (χ2n) is 6.65. The van der Waals surface area contributed by atoms with Crippen molar-refractivity contribution in [3.8, 4) is 5.75 Å². The molecule has 5 nitrogen and oxygen atoms in total. The Hall–Kier alpha value is -3.67. The molecule has 0 aliphatic rings. The molecule has 4 rings (SSSR count). The third kappa shape index (κ3) is 4.11. The number of carbonyl (C=O) groups is 1. The highest BCUT2D eigenvalue weighted by Crippen LogP contribution is 2.27. The summed E-state index contributed by atoms with van der Waals surface area (Å²) in [4.78, 5) is 16.5. The van der Waals surface area contributed by atoms with Gasteiger partial charge in [0.2, 0.25) is 0 Å². The van der Waals surface area contributed by atoms with Gasteiger partial charge in [0.1, 0.15) is 12.4 Å². The molecule has 4 aromatic rings. The van der Waals surface area contributed by atoms with Crippen LogP contribution in [-0.4, -0.2) is 10.9 Å². The van der Waals surface area contributed by atoms with Crippen LogP contribution in [-0.2, 0) is 13.2 Å². The molecule has 29 heavy (non-hydrogen) atoms. The van der Waals surface area contributed by atoms with E-state index in [1.54, 1.807) is 31.5 Å². The van der Waals surface area contributed by atoms with Gasteiger partial charge in [-0.05, 0) is 36.8 Å². The Kier molecular flexibility index (Phi) is 5.24. The van der Waals surface area contributed by atoms with E-state index in [4.69, 9.17) is 9.15 Å². The number of halogens is 1. The maximum Gasteiger partial charge on any atom is 0.287 e. The molecule has 0 bridgehead atoms.